The maximum Gasteiger partial charge on any atom is 0.224 e. The summed E-state index contributed by atoms with van der Waals surface area (Å²) in [6, 6.07) is 12.2. The van der Waals surface area contributed by atoms with E-state index in [2.05, 4.69) is 58.2 Å². The molecule has 1 aromatic heterocycles. The summed E-state index contributed by atoms with van der Waals surface area (Å²) in [6.45, 7) is 4.91. The van der Waals surface area contributed by atoms with Crippen LogP contribution in [0, 0.1) is 0 Å². The van der Waals surface area contributed by atoms with Crippen molar-refractivity contribution in [2.45, 2.75) is 13.3 Å². The first-order valence-electron chi connectivity index (χ1n) is 7.75. The standard InChI is InChI=1S/C17H25N5/c1-4-22(15-9-6-5-7-10-15)16-11-13-19-17(20-16)18-12-8-14-21(2)3/h5-7,9-11,13H,4,8,12,14H2,1-3H3,(H,18,19,20). The number of benzene rings is 1. The second-order valence-corrected chi connectivity index (χ2v) is 5.40. The number of rotatable bonds is 8. The predicted octanol–water partition coefficient (Wildman–Crippen LogP) is 3.00. The summed E-state index contributed by atoms with van der Waals surface area (Å²) in [5.74, 6) is 1.60. The zero-order valence-electron chi connectivity index (χ0n) is 13.7. The van der Waals surface area contributed by atoms with Gasteiger partial charge in [0.05, 0.1) is 0 Å². The summed E-state index contributed by atoms with van der Waals surface area (Å²) < 4.78 is 0. The second-order valence-electron chi connectivity index (χ2n) is 5.40. The first kappa shape index (κ1) is 16.2. The molecule has 0 radical (unpaired) electrons. The highest BCUT2D eigenvalue weighted by Gasteiger charge is 2.09. The Morgan fingerprint density at radius 3 is 2.55 bits per heavy atom. The topological polar surface area (TPSA) is 44.3 Å². The van der Waals surface area contributed by atoms with E-state index in [1.165, 1.54) is 0 Å². The van der Waals surface area contributed by atoms with Crippen LogP contribution in [0.15, 0.2) is 42.6 Å². The number of hydrogen-bond donors (Lipinski definition) is 1. The van der Waals surface area contributed by atoms with Crippen molar-refractivity contribution in [2.75, 3.05) is 43.9 Å². The molecule has 2 aromatic rings. The van der Waals surface area contributed by atoms with Gasteiger partial charge in [-0.05, 0) is 52.2 Å². The van der Waals surface area contributed by atoms with Crippen molar-refractivity contribution >= 4 is 17.5 Å². The minimum absolute atomic E-state index is 0.686. The van der Waals surface area contributed by atoms with Crippen LogP contribution in [-0.2, 0) is 0 Å². The fraction of sp³-hybridized carbons (Fsp3) is 0.412. The van der Waals surface area contributed by atoms with E-state index in [0.29, 0.717) is 5.95 Å². The number of nitrogens with one attached hydrogen (secondary N) is 1. The molecule has 0 aliphatic rings. The van der Waals surface area contributed by atoms with Gasteiger partial charge in [0.25, 0.3) is 0 Å². The molecule has 5 heteroatoms. The van der Waals surface area contributed by atoms with Gasteiger partial charge in [-0.1, -0.05) is 18.2 Å². The Morgan fingerprint density at radius 1 is 1.09 bits per heavy atom. The normalized spacial score (nSPS) is 10.7. The minimum atomic E-state index is 0.686. The smallest absolute Gasteiger partial charge is 0.224 e. The van der Waals surface area contributed by atoms with Crippen LogP contribution in [-0.4, -0.2) is 48.6 Å². The number of aromatic nitrogens is 2. The van der Waals surface area contributed by atoms with Gasteiger partial charge in [-0.2, -0.15) is 4.98 Å². The van der Waals surface area contributed by atoms with Crippen molar-refractivity contribution in [3.05, 3.63) is 42.6 Å². The van der Waals surface area contributed by atoms with Gasteiger partial charge in [0.1, 0.15) is 5.82 Å². The molecule has 2 rings (SSSR count). The lowest BCUT2D eigenvalue weighted by atomic mass is 10.3. The van der Waals surface area contributed by atoms with Gasteiger partial charge in [-0.25, -0.2) is 4.98 Å². The van der Waals surface area contributed by atoms with Crippen molar-refractivity contribution in [3.63, 3.8) is 0 Å². The molecule has 22 heavy (non-hydrogen) atoms. The van der Waals surface area contributed by atoms with Crippen LogP contribution in [0.25, 0.3) is 0 Å². The zero-order valence-corrected chi connectivity index (χ0v) is 13.7. The highest BCUT2D eigenvalue weighted by Crippen LogP contribution is 2.23. The van der Waals surface area contributed by atoms with Crippen LogP contribution in [0.5, 0.6) is 0 Å². The van der Waals surface area contributed by atoms with Gasteiger partial charge >= 0.3 is 0 Å². The molecular formula is C17H25N5. The van der Waals surface area contributed by atoms with Crippen molar-refractivity contribution in [1.82, 2.24) is 14.9 Å². The van der Waals surface area contributed by atoms with E-state index in [9.17, 15) is 0 Å². The fourth-order valence-corrected chi connectivity index (χ4v) is 2.26. The third-order valence-electron chi connectivity index (χ3n) is 3.37. The summed E-state index contributed by atoms with van der Waals surface area (Å²) in [6.07, 6.45) is 2.87. The van der Waals surface area contributed by atoms with E-state index in [-0.39, 0.29) is 0 Å². The maximum absolute atomic E-state index is 4.63. The Bertz CT molecular complexity index is 556. The average Bonchev–Trinajstić information content (AvgIpc) is 2.54. The Morgan fingerprint density at radius 2 is 1.86 bits per heavy atom. The van der Waals surface area contributed by atoms with Gasteiger partial charge in [-0.3, -0.25) is 0 Å². The van der Waals surface area contributed by atoms with E-state index in [1.54, 1.807) is 0 Å². The molecule has 0 saturated heterocycles. The minimum Gasteiger partial charge on any atom is -0.354 e. The molecule has 5 nitrogen and oxygen atoms in total. The molecule has 0 unspecified atom stereocenters. The summed E-state index contributed by atoms with van der Waals surface area (Å²) in [5.41, 5.74) is 1.14. The average molecular weight is 299 g/mol. The van der Waals surface area contributed by atoms with Gasteiger partial charge in [-0.15, -0.1) is 0 Å². The van der Waals surface area contributed by atoms with Gasteiger partial charge in [0.2, 0.25) is 5.95 Å². The third-order valence-corrected chi connectivity index (χ3v) is 3.37. The highest BCUT2D eigenvalue weighted by molar-refractivity contribution is 5.60. The van der Waals surface area contributed by atoms with Crippen LogP contribution >= 0.6 is 0 Å². The zero-order chi connectivity index (χ0) is 15.8. The molecule has 0 amide bonds. The second kappa shape index (κ2) is 8.34. The molecule has 0 saturated carbocycles. The summed E-state index contributed by atoms with van der Waals surface area (Å²) >= 11 is 0. The van der Waals surface area contributed by atoms with E-state index < -0.39 is 0 Å². The van der Waals surface area contributed by atoms with E-state index >= 15 is 0 Å². The van der Waals surface area contributed by atoms with Crippen LogP contribution < -0.4 is 10.2 Å². The maximum atomic E-state index is 4.63. The lowest BCUT2D eigenvalue weighted by molar-refractivity contribution is 0.405. The first-order valence-corrected chi connectivity index (χ1v) is 7.75. The summed E-state index contributed by atoms with van der Waals surface area (Å²) in [4.78, 5) is 13.3. The Kier molecular flexibility index (Phi) is 6.15. The lowest BCUT2D eigenvalue weighted by Gasteiger charge is -2.22. The Hall–Kier alpha value is -2.14. The van der Waals surface area contributed by atoms with E-state index in [1.807, 2.05) is 30.5 Å². The number of anilines is 3. The van der Waals surface area contributed by atoms with Crippen LogP contribution in [0.3, 0.4) is 0 Å². The van der Waals surface area contributed by atoms with Gasteiger partial charge < -0.3 is 15.1 Å². The van der Waals surface area contributed by atoms with Crippen molar-refractivity contribution < 1.29 is 0 Å². The molecule has 1 aromatic carbocycles. The predicted molar refractivity (Wildman–Crippen MR) is 92.8 cm³/mol. The van der Waals surface area contributed by atoms with E-state index in [0.717, 1.165) is 37.6 Å². The molecule has 0 aliphatic carbocycles. The molecule has 0 fully saturated rings. The number of hydrogen-bond acceptors (Lipinski definition) is 5. The van der Waals surface area contributed by atoms with Crippen LogP contribution in [0.1, 0.15) is 13.3 Å². The molecule has 0 aliphatic heterocycles. The molecule has 0 atom stereocenters. The number of para-hydroxylation sites is 1. The lowest BCUT2D eigenvalue weighted by Crippen LogP contribution is -2.19. The van der Waals surface area contributed by atoms with Crippen molar-refractivity contribution in [2.24, 2.45) is 0 Å². The van der Waals surface area contributed by atoms with Crippen LogP contribution in [0.2, 0.25) is 0 Å². The third kappa shape index (κ3) is 4.70. The SMILES string of the molecule is CCN(c1ccccc1)c1ccnc(NCCCN(C)C)n1. The van der Waals surface area contributed by atoms with Gasteiger partial charge in [0, 0.05) is 25.0 Å². The Balaban J connectivity index is 2.03. The first-order chi connectivity index (χ1) is 10.7. The molecule has 118 valence electrons. The fourth-order valence-electron chi connectivity index (χ4n) is 2.26. The Labute approximate surface area is 133 Å². The van der Waals surface area contributed by atoms with Crippen molar-refractivity contribution in [3.8, 4) is 0 Å². The molecule has 0 spiro atoms. The van der Waals surface area contributed by atoms with Crippen LogP contribution in [0.4, 0.5) is 17.5 Å². The van der Waals surface area contributed by atoms with E-state index in [4.69, 9.17) is 0 Å². The molecular weight excluding hydrogens is 274 g/mol. The molecule has 1 N–H and O–H groups in total. The van der Waals surface area contributed by atoms with Gasteiger partial charge in [0.15, 0.2) is 0 Å². The quantitative estimate of drug-likeness (QED) is 0.759. The number of nitrogens with zero attached hydrogens (tertiary/aromatic N) is 4. The monoisotopic (exact) mass is 299 g/mol. The summed E-state index contributed by atoms with van der Waals surface area (Å²) in [7, 11) is 4.16. The largest absolute Gasteiger partial charge is 0.354 e. The molecule has 1 heterocycles. The molecule has 0 bridgehead atoms. The van der Waals surface area contributed by atoms with Crippen molar-refractivity contribution in [1.29, 1.82) is 0 Å². The highest BCUT2D eigenvalue weighted by atomic mass is 15.2. The summed E-state index contributed by atoms with van der Waals surface area (Å²) in [5, 5.41) is 3.30.